The van der Waals surface area contributed by atoms with E-state index in [1.165, 1.54) is 149 Å². The summed E-state index contributed by atoms with van der Waals surface area (Å²) < 4.78 is 131. The number of hydrogen-bond acceptors (Lipinski definition) is 10. The van der Waals surface area contributed by atoms with Crippen LogP contribution in [0.3, 0.4) is 0 Å². The lowest BCUT2D eigenvalue weighted by atomic mass is 9.95. The highest BCUT2D eigenvalue weighted by Gasteiger charge is 2.19. The maximum Gasteiger partial charge on any atom is 0.0594 e. The van der Waals surface area contributed by atoms with E-state index < -0.39 is 0 Å². The van der Waals surface area contributed by atoms with Crippen LogP contribution < -0.4 is 0 Å². The van der Waals surface area contributed by atoms with Crippen LogP contribution in [0.2, 0.25) is 0 Å². The van der Waals surface area contributed by atoms with Crippen LogP contribution in [0.1, 0.15) is 202 Å². The number of likely N-dealkylation sites (tertiary alicyclic amines) is 2. The van der Waals surface area contributed by atoms with Crippen molar-refractivity contribution in [3.63, 3.8) is 0 Å². The average Bonchev–Trinajstić information content (AvgIpc) is 2.87. The molecule has 7 aliphatic rings. The molecule has 0 aromatic carbocycles. The van der Waals surface area contributed by atoms with E-state index in [9.17, 15) is 0 Å². The van der Waals surface area contributed by atoms with Gasteiger partial charge in [-0.3, -0.25) is 19.6 Å². The Kier molecular flexibility index (Phi) is 25.5. The number of hydrogen-bond donors (Lipinski definition) is 0. The number of piperidine rings is 1. The van der Waals surface area contributed by atoms with Gasteiger partial charge in [0, 0.05) is 150 Å². The van der Waals surface area contributed by atoms with E-state index >= 15 is 0 Å². The second-order valence-electron chi connectivity index (χ2n) is 22.0. The van der Waals surface area contributed by atoms with E-state index in [-0.39, 0.29) is 5.71 Å². The molecule has 7 fully saturated rings. The predicted molar refractivity (Wildman–Crippen MR) is 315 cm³/mol. The van der Waals surface area contributed by atoms with E-state index in [0.29, 0.717) is 12.1 Å². The molecular weight excluding hydrogens is 793 g/mol. The van der Waals surface area contributed by atoms with E-state index in [0.717, 1.165) is 82.1 Å². The molecule has 0 radical (unpaired) electrons. The topological polar surface area (TPSA) is 44.4 Å². The van der Waals surface area contributed by atoms with Crippen LogP contribution in [-0.4, -0.2) is 221 Å². The number of morpholine rings is 1. The maximum absolute atomic E-state index is 5.33. The average molecular weight is 970 g/mol. The lowest BCUT2D eigenvalue weighted by Gasteiger charge is -2.34. The summed E-state index contributed by atoms with van der Waals surface area (Å²) in [5, 5.41) is 0. The van der Waals surface area contributed by atoms with Crippen molar-refractivity contribution in [2.75, 3.05) is 145 Å². The molecule has 1 saturated carbocycles. The van der Waals surface area contributed by atoms with Crippen molar-refractivity contribution in [2.45, 2.75) is 197 Å². The summed E-state index contributed by atoms with van der Waals surface area (Å²) in [7, 11) is 4.40. The van der Waals surface area contributed by atoms with Gasteiger partial charge >= 0.3 is 0 Å². The normalized spacial score (nSPS) is 24.8. The fourth-order valence-electron chi connectivity index (χ4n) is 9.21. The smallest absolute Gasteiger partial charge is 0.0594 e. The molecule has 0 unspecified atom stereocenters. The Labute approximate surface area is 444 Å². The predicted octanol–water partition coefficient (Wildman–Crippen LogP) is 13.3. The summed E-state index contributed by atoms with van der Waals surface area (Å²) >= 11 is 0. The van der Waals surface area contributed by atoms with Crippen LogP contribution in [0.25, 0.3) is 0 Å². The molecule has 0 spiro atoms. The molecule has 0 amide bonds. The molecular formula is C54H148N8O2. The Hall–Kier alpha value is -0.400. The molecule has 10 nitrogen and oxygen atoms in total. The highest BCUT2D eigenvalue weighted by Crippen LogP contribution is 2.30. The Balaban J connectivity index is -0.0000000493. The minimum atomic E-state index is 0. The first-order valence-corrected chi connectivity index (χ1v) is 27.4. The van der Waals surface area contributed by atoms with Crippen LogP contribution in [0, 0.1) is 11.8 Å². The summed E-state index contributed by atoms with van der Waals surface area (Å²) in [4.78, 5) is 19.8. The minimum Gasteiger partial charge on any atom is -0.380 e. The SMILES string of the molecule is CC(C)C1CCCC1.CC(C)N1CCC1.CC(C)N1CCCCC1.CC(C)N1CCCN(C)CC1.CC(C)N1CCCOCC1.CC(C)N1CCN(C)CC1.CC(C)N1CCOCC1.[2HH].[2HH].[2HH].[2HH].[2H][2H].[2H][2H].[2H][2H].[2H][2H].[2H][2H].[2H][2H].[2H][2H].[2H][2H].[2H][2H].[2H][2H].[2H][2H].[2H][2H]. The van der Waals surface area contributed by atoms with Gasteiger partial charge in [0.25, 0.3) is 0 Å². The van der Waals surface area contributed by atoms with Crippen molar-refractivity contribution >= 4 is 0 Å². The van der Waals surface area contributed by atoms with Crippen LogP contribution >= 0.6 is 0 Å². The highest BCUT2D eigenvalue weighted by molar-refractivity contribution is 4.74. The van der Waals surface area contributed by atoms with Gasteiger partial charge in [0.15, 0.2) is 0 Å². The van der Waals surface area contributed by atoms with Crippen LogP contribution in [0.4, 0.5) is 0 Å². The van der Waals surface area contributed by atoms with Gasteiger partial charge < -0.3 is 29.1 Å². The van der Waals surface area contributed by atoms with Crippen molar-refractivity contribution in [1.82, 2.24) is 39.2 Å². The van der Waals surface area contributed by atoms with E-state index in [4.69, 9.17) is 45.1 Å². The zero-order chi connectivity index (χ0) is 71.9. The molecule has 10 heteroatoms. The molecule has 7 rings (SSSR count). The van der Waals surface area contributed by atoms with Crippen LogP contribution in [0.5, 0.6) is 0 Å². The number of nitrogens with zero attached hydrogens (tertiary/aromatic N) is 8. The highest BCUT2D eigenvalue weighted by atomic mass is 16.5. The van der Waals surface area contributed by atoms with E-state index in [1.54, 1.807) is 0 Å². The standard InChI is InChI=1S/C9H20N2.C8H18N2.C8H17NO.C8H17N.C8H16.C7H15NO.C6H13N.16H2/c1-9(2)11-6-4-5-10(3)7-8-11;1-8(2)10-6-4-9(3)5-7-10;1-8(2)9-4-3-6-10-7-5-9;1-8(2)9-6-4-3-5-7-9;1-7(2)8-5-3-4-6-8;1-7(2)8-3-5-9-6-4-8;1-6(2)7-4-3-5-7;;;;;;;;;;;;;;;;/h9H,4-8H2,1-3H3;8H,4-7H2,1-3H3;8H,3-7H2,1-2H3;8H,3-7H2,1-2H3;7-8H,3-6H2,1-2H3;7H,3-6H2,1-2H3;6H,3-5H2,1-2H3;16*1H/i;;;;;;;12*1+1D;4*1+1. The van der Waals surface area contributed by atoms with Gasteiger partial charge in [0.2, 0.25) is 0 Å². The molecule has 0 bridgehead atoms. The molecule has 0 aromatic rings. The quantitative estimate of drug-likeness (QED) is 0.246. The summed E-state index contributed by atoms with van der Waals surface area (Å²) in [6, 6.07) is 4.38. The van der Waals surface area contributed by atoms with Gasteiger partial charge in [0.05, 0.1) is 19.8 Å². The molecule has 0 aromatic heterocycles. The molecule has 1 aliphatic carbocycles. The minimum absolute atomic E-state index is 0. The third-order valence-electron chi connectivity index (χ3n) is 14.6. The maximum atomic E-state index is 5.33. The van der Waals surface area contributed by atoms with Crippen molar-refractivity contribution in [2.24, 2.45) is 11.8 Å². The Morgan fingerprint density at radius 3 is 0.969 bits per heavy atom. The first-order valence-electron chi connectivity index (χ1n) is 39.4. The molecule has 6 aliphatic heterocycles. The second-order valence-corrected chi connectivity index (χ2v) is 22.0. The fraction of sp³-hybridized carbons (Fsp3) is 1.00. The molecule has 6 heterocycles. The Morgan fingerprint density at radius 1 is 0.312 bits per heavy atom. The lowest BCUT2D eigenvalue weighted by molar-refractivity contribution is 0.0238. The first kappa shape index (κ1) is 43.6. The lowest BCUT2D eigenvalue weighted by Crippen LogP contribution is -2.47. The first-order chi connectivity index (χ1) is 42.4. The number of likely N-dealkylation sites (N-methyl/N-ethyl adjacent to an activating group) is 2. The van der Waals surface area contributed by atoms with Gasteiger partial charge in [0.1, 0.15) is 0 Å². The zero-order valence-corrected chi connectivity index (χ0v) is 46.2. The van der Waals surface area contributed by atoms with Crippen molar-refractivity contribution in [3.8, 4) is 0 Å². The number of piperazine rings is 1. The van der Waals surface area contributed by atoms with Gasteiger partial charge in [-0.2, -0.15) is 0 Å². The molecule has 0 N–H and O–H groups in total. The van der Waals surface area contributed by atoms with Gasteiger partial charge in [-0.1, -0.05) is 46.0 Å². The molecule has 0 atom stereocenters. The summed E-state index contributed by atoms with van der Waals surface area (Å²) in [5.74, 6) is 2.01. The van der Waals surface area contributed by atoms with Crippen molar-refractivity contribution in [1.29, 1.82) is 0 Å². The summed E-state index contributed by atoms with van der Waals surface area (Å²) in [6.45, 7) is 55.3. The molecule has 6 saturated heterocycles. The molecule has 416 valence electrons. The Bertz CT molecular complexity index is 1070. The third kappa shape index (κ3) is 30.2. The van der Waals surface area contributed by atoms with Gasteiger partial charge in [-0.25, -0.2) is 0 Å². The van der Waals surface area contributed by atoms with Gasteiger partial charge in [-0.15, -0.1) is 0 Å². The third-order valence-corrected chi connectivity index (χ3v) is 14.6. The van der Waals surface area contributed by atoms with Gasteiger partial charge in [-0.05, 0) is 180 Å². The number of rotatable bonds is 7. The van der Waals surface area contributed by atoms with Crippen LogP contribution in [0.15, 0.2) is 0 Å². The second kappa shape index (κ2) is 37.5. The largest absolute Gasteiger partial charge is 0.380 e. The van der Waals surface area contributed by atoms with Crippen LogP contribution in [-0.2, 0) is 9.47 Å². The fourth-order valence-corrected chi connectivity index (χ4v) is 9.21. The summed E-state index contributed by atoms with van der Waals surface area (Å²) in [5.41, 5.74) is 0. The monoisotopic (exact) mass is 969 g/mol. The van der Waals surface area contributed by atoms with E-state index in [1.807, 2.05) is 0 Å². The molecule has 64 heavy (non-hydrogen) atoms. The number of ether oxygens (including phenoxy) is 2. The zero-order valence-electron chi connectivity index (χ0n) is 70.2. The van der Waals surface area contributed by atoms with Crippen molar-refractivity contribution in [3.05, 3.63) is 0 Å². The summed E-state index contributed by atoms with van der Waals surface area (Å²) in [6.07, 6.45) is 14.2. The van der Waals surface area contributed by atoms with E-state index in [2.05, 4.69) is 150 Å². The van der Waals surface area contributed by atoms with Crippen molar-refractivity contribution < 1.29 is 50.8 Å². The Morgan fingerprint density at radius 2 is 0.609 bits per heavy atom.